The molecule has 2 rings (SSSR count). The Bertz CT molecular complexity index is 756. The van der Waals surface area contributed by atoms with Crippen LogP contribution in [0.15, 0.2) is 64.5 Å². The van der Waals surface area contributed by atoms with Crippen molar-refractivity contribution in [2.24, 2.45) is 10.7 Å². The molecule has 0 aromatic heterocycles. The standard InChI is InChI=1S/C16H20N4O2S/c1-13-7-9-15(10-8-13)23(21,22)19-12-11-18-16(17)20-14-5-3-2-4-6-14/h2-10,19H,11-12H2,1H3,(H3,17,18,20). The molecule has 0 atom stereocenters. The normalized spacial score (nSPS) is 12.1. The molecule has 2 aromatic carbocycles. The van der Waals surface area contributed by atoms with Crippen molar-refractivity contribution in [2.75, 3.05) is 18.4 Å². The molecule has 0 bridgehead atoms. The summed E-state index contributed by atoms with van der Waals surface area (Å²) in [7, 11) is -3.51. The zero-order chi connectivity index (χ0) is 16.7. The van der Waals surface area contributed by atoms with Gasteiger partial charge >= 0.3 is 0 Å². The smallest absolute Gasteiger partial charge is 0.240 e. The maximum atomic E-state index is 12.1. The third-order valence-corrected chi connectivity index (χ3v) is 4.54. The Kier molecular flexibility index (Phi) is 5.72. The third-order valence-electron chi connectivity index (χ3n) is 3.06. The molecule has 0 radical (unpaired) electrons. The van der Waals surface area contributed by atoms with Crippen LogP contribution in [0.5, 0.6) is 0 Å². The number of rotatable bonds is 6. The van der Waals surface area contributed by atoms with Gasteiger partial charge in [-0.25, -0.2) is 13.1 Å². The quantitative estimate of drug-likeness (QED) is 0.426. The molecule has 6 nitrogen and oxygen atoms in total. The van der Waals surface area contributed by atoms with E-state index >= 15 is 0 Å². The number of benzene rings is 2. The minimum absolute atomic E-state index is 0.174. The van der Waals surface area contributed by atoms with Crippen molar-refractivity contribution in [3.05, 3.63) is 60.2 Å². The second-order valence-electron chi connectivity index (χ2n) is 4.97. The Morgan fingerprint density at radius 3 is 2.39 bits per heavy atom. The molecule has 0 fully saturated rings. The average molecular weight is 332 g/mol. The first-order valence-corrected chi connectivity index (χ1v) is 8.64. The first kappa shape index (κ1) is 17.0. The summed E-state index contributed by atoms with van der Waals surface area (Å²) < 4.78 is 26.6. The second-order valence-corrected chi connectivity index (χ2v) is 6.74. The van der Waals surface area contributed by atoms with E-state index in [4.69, 9.17) is 5.73 Å². The van der Waals surface area contributed by atoms with Crippen LogP contribution in [-0.2, 0) is 10.0 Å². The highest BCUT2D eigenvalue weighted by Gasteiger charge is 2.12. The molecule has 0 saturated heterocycles. The topological polar surface area (TPSA) is 96.6 Å². The number of nitrogens with zero attached hydrogens (tertiary/aromatic N) is 1. The Morgan fingerprint density at radius 2 is 1.74 bits per heavy atom. The lowest BCUT2D eigenvalue weighted by molar-refractivity contribution is 0.582. The van der Waals surface area contributed by atoms with Crippen LogP contribution in [0.4, 0.5) is 5.69 Å². The Balaban J connectivity index is 1.84. The molecule has 122 valence electrons. The summed E-state index contributed by atoms with van der Waals surface area (Å²) in [5.41, 5.74) is 7.58. The number of nitrogens with one attached hydrogen (secondary N) is 2. The van der Waals surface area contributed by atoms with Crippen LogP contribution in [0, 0.1) is 6.92 Å². The molecule has 0 amide bonds. The van der Waals surface area contributed by atoms with Gasteiger partial charge in [-0.05, 0) is 31.2 Å². The van der Waals surface area contributed by atoms with E-state index < -0.39 is 10.0 Å². The minimum atomic E-state index is -3.51. The van der Waals surface area contributed by atoms with Crippen molar-refractivity contribution in [3.63, 3.8) is 0 Å². The van der Waals surface area contributed by atoms with Crippen LogP contribution in [-0.4, -0.2) is 27.5 Å². The highest BCUT2D eigenvalue weighted by Crippen LogP contribution is 2.09. The van der Waals surface area contributed by atoms with E-state index in [9.17, 15) is 8.42 Å². The number of guanidine groups is 1. The number of para-hydroxylation sites is 1. The lowest BCUT2D eigenvalue weighted by atomic mass is 10.2. The van der Waals surface area contributed by atoms with Crippen LogP contribution >= 0.6 is 0 Å². The summed E-state index contributed by atoms with van der Waals surface area (Å²) in [4.78, 5) is 4.33. The van der Waals surface area contributed by atoms with E-state index in [1.54, 1.807) is 24.3 Å². The van der Waals surface area contributed by atoms with Gasteiger partial charge in [-0.1, -0.05) is 35.9 Å². The molecule has 7 heteroatoms. The molecule has 4 N–H and O–H groups in total. The Labute approximate surface area is 136 Å². The van der Waals surface area contributed by atoms with Gasteiger partial charge in [0.25, 0.3) is 0 Å². The summed E-state index contributed by atoms with van der Waals surface area (Å²) in [6.07, 6.45) is 0. The molecule has 0 aliphatic heterocycles. The summed E-state index contributed by atoms with van der Waals surface area (Å²) in [5, 5.41) is 2.93. The maximum Gasteiger partial charge on any atom is 0.240 e. The Hall–Kier alpha value is -2.38. The molecule has 23 heavy (non-hydrogen) atoms. The van der Waals surface area contributed by atoms with E-state index in [2.05, 4.69) is 15.0 Å². The largest absolute Gasteiger partial charge is 0.370 e. The van der Waals surface area contributed by atoms with Crippen LogP contribution < -0.4 is 15.8 Å². The van der Waals surface area contributed by atoms with Gasteiger partial charge in [-0.3, -0.25) is 4.99 Å². The van der Waals surface area contributed by atoms with Crippen molar-refractivity contribution in [1.82, 2.24) is 4.72 Å². The Morgan fingerprint density at radius 1 is 1.09 bits per heavy atom. The van der Waals surface area contributed by atoms with Gasteiger partial charge in [0.2, 0.25) is 10.0 Å². The van der Waals surface area contributed by atoms with Crippen molar-refractivity contribution in [1.29, 1.82) is 0 Å². The fourth-order valence-electron chi connectivity index (χ4n) is 1.87. The van der Waals surface area contributed by atoms with Crippen LogP contribution in [0.25, 0.3) is 0 Å². The van der Waals surface area contributed by atoms with Gasteiger partial charge in [0, 0.05) is 12.2 Å². The zero-order valence-corrected chi connectivity index (χ0v) is 13.7. The van der Waals surface area contributed by atoms with Gasteiger partial charge < -0.3 is 11.1 Å². The second kappa shape index (κ2) is 7.75. The first-order chi connectivity index (χ1) is 11.0. The van der Waals surface area contributed by atoms with Gasteiger partial charge in [0.05, 0.1) is 11.4 Å². The van der Waals surface area contributed by atoms with Gasteiger partial charge in [0.1, 0.15) is 0 Å². The van der Waals surface area contributed by atoms with Gasteiger partial charge in [0.15, 0.2) is 5.96 Å². The summed E-state index contributed by atoms with van der Waals surface area (Å²) in [5.74, 6) is 0.241. The van der Waals surface area contributed by atoms with Crippen molar-refractivity contribution in [3.8, 4) is 0 Å². The number of hydrogen-bond acceptors (Lipinski definition) is 3. The number of sulfonamides is 1. The lowest BCUT2D eigenvalue weighted by Crippen LogP contribution is -2.28. The van der Waals surface area contributed by atoms with E-state index in [1.165, 1.54) is 0 Å². The average Bonchev–Trinajstić information content (AvgIpc) is 2.53. The molecule has 0 aliphatic carbocycles. The molecule has 0 saturated carbocycles. The predicted molar refractivity (Wildman–Crippen MR) is 92.9 cm³/mol. The highest BCUT2D eigenvalue weighted by molar-refractivity contribution is 7.89. The summed E-state index contributed by atoms with van der Waals surface area (Å²) >= 11 is 0. The fourth-order valence-corrected chi connectivity index (χ4v) is 2.89. The number of nitrogens with two attached hydrogens (primary N) is 1. The molecule has 0 aliphatic rings. The fraction of sp³-hybridized carbons (Fsp3) is 0.188. The molecular formula is C16H20N4O2S. The molecule has 2 aromatic rings. The first-order valence-electron chi connectivity index (χ1n) is 7.16. The molecular weight excluding hydrogens is 312 g/mol. The van der Waals surface area contributed by atoms with Crippen molar-refractivity contribution in [2.45, 2.75) is 11.8 Å². The zero-order valence-electron chi connectivity index (χ0n) is 12.9. The van der Waals surface area contributed by atoms with E-state index in [0.717, 1.165) is 11.3 Å². The maximum absolute atomic E-state index is 12.1. The van der Waals surface area contributed by atoms with Crippen LogP contribution in [0.3, 0.4) is 0 Å². The van der Waals surface area contributed by atoms with Crippen molar-refractivity contribution >= 4 is 21.7 Å². The monoisotopic (exact) mass is 332 g/mol. The minimum Gasteiger partial charge on any atom is -0.370 e. The third kappa shape index (κ3) is 5.39. The van der Waals surface area contributed by atoms with Crippen LogP contribution in [0.2, 0.25) is 0 Å². The van der Waals surface area contributed by atoms with Gasteiger partial charge in [-0.2, -0.15) is 0 Å². The number of hydrogen-bond donors (Lipinski definition) is 3. The van der Waals surface area contributed by atoms with Crippen molar-refractivity contribution < 1.29 is 8.42 Å². The van der Waals surface area contributed by atoms with Crippen LogP contribution in [0.1, 0.15) is 5.56 Å². The lowest BCUT2D eigenvalue weighted by Gasteiger charge is -2.07. The number of aryl methyl sites for hydroxylation is 1. The van der Waals surface area contributed by atoms with E-state index in [0.29, 0.717) is 0 Å². The summed E-state index contributed by atoms with van der Waals surface area (Å²) in [6, 6.07) is 16.1. The van der Waals surface area contributed by atoms with E-state index in [-0.39, 0.29) is 23.9 Å². The van der Waals surface area contributed by atoms with E-state index in [1.807, 2.05) is 37.3 Å². The number of aliphatic imine (C=N–C) groups is 1. The molecule has 0 spiro atoms. The highest BCUT2D eigenvalue weighted by atomic mass is 32.2. The molecule has 0 heterocycles. The number of anilines is 1. The van der Waals surface area contributed by atoms with Gasteiger partial charge in [-0.15, -0.1) is 0 Å². The molecule has 0 unspecified atom stereocenters. The summed E-state index contributed by atoms with van der Waals surface area (Å²) in [6.45, 7) is 2.32. The predicted octanol–water partition coefficient (Wildman–Crippen LogP) is 1.70. The SMILES string of the molecule is Cc1ccc(S(=O)(=O)NCCN=C(N)Nc2ccccc2)cc1.